The molecule has 0 heterocycles. The van der Waals surface area contributed by atoms with Crippen molar-refractivity contribution in [1.82, 2.24) is 5.32 Å². The van der Waals surface area contributed by atoms with E-state index in [2.05, 4.69) is 59.4 Å². The minimum absolute atomic E-state index is 0.297. The normalized spacial score (nSPS) is 12.1. The van der Waals surface area contributed by atoms with Gasteiger partial charge in [0.2, 0.25) is 0 Å². The second-order valence-electron chi connectivity index (χ2n) is 5.13. The number of para-hydroxylation sites is 1. The first kappa shape index (κ1) is 16.1. The highest BCUT2D eigenvalue weighted by molar-refractivity contribution is 9.10. The molecule has 0 aromatic heterocycles. The van der Waals surface area contributed by atoms with E-state index >= 15 is 0 Å². The number of benzene rings is 2. The van der Waals surface area contributed by atoms with Crippen molar-refractivity contribution in [2.24, 2.45) is 0 Å². The standard InChI is InChI=1S/C18H22BrNO/c1-3-12-20-14(2)17-6-4-5-7-18(17)21-13-15-8-10-16(19)11-9-15/h4-11,14,20H,3,12-13H2,1-2H3. The zero-order chi connectivity index (χ0) is 15.1. The summed E-state index contributed by atoms with van der Waals surface area (Å²) in [5.74, 6) is 0.955. The van der Waals surface area contributed by atoms with Crippen molar-refractivity contribution in [2.75, 3.05) is 6.54 Å². The predicted molar refractivity (Wildman–Crippen MR) is 91.6 cm³/mol. The SMILES string of the molecule is CCCNC(C)c1ccccc1OCc1ccc(Br)cc1. The van der Waals surface area contributed by atoms with Gasteiger partial charge in [-0.15, -0.1) is 0 Å². The van der Waals surface area contributed by atoms with Gasteiger partial charge < -0.3 is 10.1 Å². The maximum Gasteiger partial charge on any atom is 0.124 e. The molecule has 1 N–H and O–H groups in total. The lowest BCUT2D eigenvalue weighted by molar-refractivity contribution is 0.299. The number of rotatable bonds is 7. The summed E-state index contributed by atoms with van der Waals surface area (Å²) in [4.78, 5) is 0. The molecule has 0 aliphatic heterocycles. The van der Waals surface area contributed by atoms with E-state index in [0.717, 1.165) is 23.2 Å². The highest BCUT2D eigenvalue weighted by Gasteiger charge is 2.10. The van der Waals surface area contributed by atoms with Gasteiger partial charge in [-0.2, -0.15) is 0 Å². The molecule has 0 bridgehead atoms. The number of nitrogens with one attached hydrogen (secondary N) is 1. The average molecular weight is 348 g/mol. The number of hydrogen-bond acceptors (Lipinski definition) is 2. The second-order valence-corrected chi connectivity index (χ2v) is 6.04. The van der Waals surface area contributed by atoms with Crippen LogP contribution in [0, 0.1) is 0 Å². The van der Waals surface area contributed by atoms with Crippen molar-refractivity contribution in [3.63, 3.8) is 0 Å². The molecule has 3 heteroatoms. The van der Waals surface area contributed by atoms with Crippen LogP contribution in [0.25, 0.3) is 0 Å². The first-order valence-corrected chi connectivity index (χ1v) is 8.19. The Labute approximate surface area is 135 Å². The van der Waals surface area contributed by atoms with Gasteiger partial charge in [0.25, 0.3) is 0 Å². The van der Waals surface area contributed by atoms with E-state index in [9.17, 15) is 0 Å². The zero-order valence-electron chi connectivity index (χ0n) is 12.6. The molecule has 1 unspecified atom stereocenters. The van der Waals surface area contributed by atoms with Crippen LogP contribution in [0.2, 0.25) is 0 Å². The largest absolute Gasteiger partial charge is 0.489 e. The lowest BCUT2D eigenvalue weighted by Gasteiger charge is -2.18. The summed E-state index contributed by atoms with van der Waals surface area (Å²) >= 11 is 3.45. The molecule has 1 atom stereocenters. The second kappa shape index (κ2) is 8.20. The van der Waals surface area contributed by atoms with Crippen molar-refractivity contribution in [3.05, 3.63) is 64.1 Å². The van der Waals surface area contributed by atoms with Gasteiger partial charge in [0.05, 0.1) is 0 Å². The molecule has 0 aliphatic rings. The van der Waals surface area contributed by atoms with Gasteiger partial charge >= 0.3 is 0 Å². The van der Waals surface area contributed by atoms with E-state index < -0.39 is 0 Å². The first-order valence-electron chi connectivity index (χ1n) is 7.40. The first-order chi connectivity index (χ1) is 10.2. The van der Waals surface area contributed by atoms with Gasteiger partial charge in [-0.05, 0) is 43.7 Å². The number of hydrogen-bond donors (Lipinski definition) is 1. The van der Waals surface area contributed by atoms with Crippen LogP contribution in [0.4, 0.5) is 0 Å². The smallest absolute Gasteiger partial charge is 0.124 e. The molecule has 112 valence electrons. The van der Waals surface area contributed by atoms with Crippen molar-refractivity contribution in [2.45, 2.75) is 32.9 Å². The Morgan fingerprint density at radius 2 is 1.81 bits per heavy atom. The van der Waals surface area contributed by atoms with Crippen LogP contribution < -0.4 is 10.1 Å². The fraction of sp³-hybridized carbons (Fsp3) is 0.333. The molecular formula is C18H22BrNO. The molecule has 0 saturated heterocycles. The third-order valence-electron chi connectivity index (χ3n) is 3.39. The summed E-state index contributed by atoms with van der Waals surface area (Å²) in [5.41, 5.74) is 2.38. The van der Waals surface area contributed by atoms with E-state index in [1.807, 2.05) is 24.3 Å². The molecule has 0 radical (unpaired) electrons. The van der Waals surface area contributed by atoms with Gasteiger partial charge in [0, 0.05) is 16.1 Å². The van der Waals surface area contributed by atoms with Gasteiger partial charge in [-0.25, -0.2) is 0 Å². The minimum Gasteiger partial charge on any atom is -0.489 e. The molecule has 2 nitrogen and oxygen atoms in total. The van der Waals surface area contributed by atoms with E-state index in [4.69, 9.17) is 4.74 Å². The summed E-state index contributed by atoms with van der Waals surface area (Å²) in [6.07, 6.45) is 1.13. The van der Waals surface area contributed by atoms with Crippen LogP contribution in [0.3, 0.4) is 0 Å². The van der Waals surface area contributed by atoms with Crippen LogP contribution in [-0.2, 0) is 6.61 Å². The Bertz CT molecular complexity index is 553. The molecule has 2 aromatic carbocycles. The van der Waals surface area contributed by atoms with Gasteiger partial charge in [0.1, 0.15) is 12.4 Å². The third kappa shape index (κ3) is 4.87. The van der Waals surface area contributed by atoms with Gasteiger partial charge in [-0.3, -0.25) is 0 Å². The Hall–Kier alpha value is -1.32. The van der Waals surface area contributed by atoms with Crippen LogP contribution in [0.5, 0.6) is 5.75 Å². The van der Waals surface area contributed by atoms with Gasteiger partial charge in [0.15, 0.2) is 0 Å². The topological polar surface area (TPSA) is 21.3 Å². The lowest BCUT2D eigenvalue weighted by Crippen LogP contribution is -2.19. The van der Waals surface area contributed by atoms with E-state index in [1.54, 1.807) is 0 Å². The van der Waals surface area contributed by atoms with E-state index in [-0.39, 0.29) is 0 Å². The predicted octanol–water partition coefficient (Wildman–Crippen LogP) is 5.09. The Balaban J connectivity index is 2.04. The van der Waals surface area contributed by atoms with Crippen LogP contribution in [0.15, 0.2) is 53.0 Å². The van der Waals surface area contributed by atoms with E-state index in [1.165, 1.54) is 11.1 Å². The minimum atomic E-state index is 0.297. The Morgan fingerprint density at radius 1 is 1.10 bits per heavy atom. The van der Waals surface area contributed by atoms with Crippen LogP contribution >= 0.6 is 15.9 Å². The fourth-order valence-electron chi connectivity index (χ4n) is 2.18. The Morgan fingerprint density at radius 3 is 2.52 bits per heavy atom. The van der Waals surface area contributed by atoms with Crippen LogP contribution in [0.1, 0.15) is 37.4 Å². The summed E-state index contributed by atoms with van der Waals surface area (Å²) in [6, 6.07) is 16.8. The van der Waals surface area contributed by atoms with Gasteiger partial charge in [-0.1, -0.05) is 53.2 Å². The molecule has 0 aliphatic carbocycles. The van der Waals surface area contributed by atoms with Crippen LogP contribution in [-0.4, -0.2) is 6.54 Å². The lowest BCUT2D eigenvalue weighted by atomic mass is 10.1. The summed E-state index contributed by atoms with van der Waals surface area (Å²) in [6.45, 7) is 5.96. The summed E-state index contributed by atoms with van der Waals surface area (Å²) in [7, 11) is 0. The molecular weight excluding hydrogens is 326 g/mol. The molecule has 0 fully saturated rings. The van der Waals surface area contributed by atoms with E-state index in [0.29, 0.717) is 12.6 Å². The summed E-state index contributed by atoms with van der Waals surface area (Å²) < 4.78 is 7.10. The highest BCUT2D eigenvalue weighted by Crippen LogP contribution is 2.25. The van der Waals surface area contributed by atoms with Crippen molar-refractivity contribution in [3.8, 4) is 5.75 Å². The zero-order valence-corrected chi connectivity index (χ0v) is 14.2. The fourth-order valence-corrected chi connectivity index (χ4v) is 2.45. The maximum atomic E-state index is 6.01. The van der Waals surface area contributed by atoms with Crippen molar-refractivity contribution < 1.29 is 4.74 Å². The van der Waals surface area contributed by atoms with Crippen molar-refractivity contribution >= 4 is 15.9 Å². The highest BCUT2D eigenvalue weighted by atomic mass is 79.9. The number of halogens is 1. The average Bonchev–Trinajstić information content (AvgIpc) is 2.52. The molecule has 0 amide bonds. The molecule has 2 rings (SSSR count). The number of ether oxygens (including phenoxy) is 1. The molecule has 21 heavy (non-hydrogen) atoms. The third-order valence-corrected chi connectivity index (χ3v) is 3.92. The Kier molecular flexibility index (Phi) is 6.27. The maximum absolute atomic E-state index is 6.01. The quantitative estimate of drug-likeness (QED) is 0.753. The van der Waals surface area contributed by atoms with Crippen molar-refractivity contribution in [1.29, 1.82) is 0 Å². The molecule has 2 aromatic rings. The molecule has 0 saturated carbocycles. The molecule has 0 spiro atoms. The monoisotopic (exact) mass is 347 g/mol. The summed E-state index contributed by atoms with van der Waals surface area (Å²) in [5, 5.41) is 3.51.